The van der Waals surface area contributed by atoms with E-state index in [2.05, 4.69) is 24.8 Å². The molecule has 2 fully saturated rings. The van der Waals surface area contributed by atoms with Gasteiger partial charge in [0.25, 0.3) is 0 Å². The van der Waals surface area contributed by atoms with Crippen molar-refractivity contribution in [1.29, 1.82) is 0 Å². The fraction of sp³-hybridized carbons (Fsp3) is 0.667. The molecule has 0 saturated carbocycles. The molecule has 7 heteroatoms. The Morgan fingerprint density at radius 1 is 1.13 bits per heavy atom. The SMILES string of the molecule is CCC(=O)N1CC[C@@H](c2cc3nc(C)c(CCC(=O)N4CCCC[C@@H]4C)c(C)n3n2)C1. The summed E-state index contributed by atoms with van der Waals surface area (Å²) in [7, 11) is 0. The zero-order valence-corrected chi connectivity index (χ0v) is 19.4. The van der Waals surface area contributed by atoms with Crippen LogP contribution < -0.4 is 0 Å². The maximum absolute atomic E-state index is 12.8. The van der Waals surface area contributed by atoms with Gasteiger partial charge in [0.1, 0.15) is 0 Å². The smallest absolute Gasteiger partial charge is 0.223 e. The summed E-state index contributed by atoms with van der Waals surface area (Å²) in [6, 6.07) is 2.41. The summed E-state index contributed by atoms with van der Waals surface area (Å²) in [5.74, 6) is 0.729. The van der Waals surface area contributed by atoms with Gasteiger partial charge >= 0.3 is 0 Å². The predicted molar refractivity (Wildman–Crippen MR) is 120 cm³/mol. The first-order chi connectivity index (χ1) is 14.9. The van der Waals surface area contributed by atoms with Gasteiger partial charge in [-0.3, -0.25) is 9.59 Å². The van der Waals surface area contributed by atoms with E-state index in [4.69, 9.17) is 10.1 Å². The maximum atomic E-state index is 12.8. The molecular formula is C24H35N5O2. The Bertz CT molecular complexity index is 982. The molecule has 0 bridgehead atoms. The second kappa shape index (κ2) is 8.97. The van der Waals surface area contributed by atoms with Crippen LogP contribution in [0.1, 0.15) is 80.9 Å². The summed E-state index contributed by atoms with van der Waals surface area (Å²) < 4.78 is 1.93. The molecule has 0 N–H and O–H groups in total. The van der Waals surface area contributed by atoms with E-state index in [0.717, 1.165) is 67.2 Å². The van der Waals surface area contributed by atoms with Crippen LogP contribution in [0.3, 0.4) is 0 Å². The molecule has 4 rings (SSSR count). The van der Waals surface area contributed by atoms with Crippen LogP contribution in [0.5, 0.6) is 0 Å². The van der Waals surface area contributed by atoms with Crippen LogP contribution in [0.25, 0.3) is 5.65 Å². The summed E-state index contributed by atoms with van der Waals surface area (Å²) in [6.07, 6.45) is 6.15. The number of fused-ring (bicyclic) bond motifs is 1. The Kier molecular flexibility index (Phi) is 6.30. The number of amides is 2. The van der Waals surface area contributed by atoms with Crippen molar-refractivity contribution in [3.05, 3.63) is 28.7 Å². The maximum Gasteiger partial charge on any atom is 0.223 e. The van der Waals surface area contributed by atoms with Crippen molar-refractivity contribution >= 4 is 17.5 Å². The third kappa shape index (κ3) is 4.32. The first kappa shape index (κ1) is 21.8. The highest BCUT2D eigenvalue weighted by Gasteiger charge is 2.29. The predicted octanol–water partition coefficient (Wildman–Crippen LogP) is 3.41. The van der Waals surface area contributed by atoms with Crippen molar-refractivity contribution in [3.8, 4) is 0 Å². The number of rotatable bonds is 5. The average molecular weight is 426 g/mol. The van der Waals surface area contributed by atoms with Crippen LogP contribution in [0, 0.1) is 13.8 Å². The number of piperidine rings is 1. The quantitative estimate of drug-likeness (QED) is 0.736. The largest absolute Gasteiger partial charge is 0.342 e. The van der Waals surface area contributed by atoms with Crippen molar-refractivity contribution in [1.82, 2.24) is 24.4 Å². The molecular weight excluding hydrogens is 390 g/mol. The molecule has 2 saturated heterocycles. The van der Waals surface area contributed by atoms with Crippen molar-refractivity contribution in [2.24, 2.45) is 0 Å². The molecule has 0 unspecified atom stereocenters. The Balaban J connectivity index is 1.50. The first-order valence-electron chi connectivity index (χ1n) is 11.8. The fourth-order valence-electron chi connectivity index (χ4n) is 5.20. The molecule has 2 aromatic heterocycles. The minimum atomic E-state index is 0.214. The zero-order valence-electron chi connectivity index (χ0n) is 19.4. The molecule has 4 heterocycles. The normalized spacial score (nSPS) is 21.8. The summed E-state index contributed by atoms with van der Waals surface area (Å²) in [5, 5.41) is 4.87. The Labute approximate surface area is 184 Å². The molecule has 2 aliphatic rings. The minimum Gasteiger partial charge on any atom is -0.342 e. The molecule has 2 aromatic rings. The molecule has 0 spiro atoms. The molecule has 0 aromatic carbocycles. The van der Waals surface area contributed by atoms with Gasteiger partial charge < -0.3 is 9.80 Å². The van der Waals surface area contributed by atoms with E-state index in [9.17, 15) is 9.59 Å². The summed E-state index contributed by atoms with van der Waals surface area (Å²) in [5.41, 5.74) is 5.02. The van der Waals surface area contributed by atoms with Crippen molar-refractivity contribution < 1.29 is 9.59 Å². The van der Waals surface area contributed by atoms with E-state index in [0.29, 0.717) is 25.3 Å². The minimum absolute atomic E-state index is 0.214. The number of hydrogen-bond donors (Lipinski definition) is 0. The third-order valence-corrected chi connectivity index (χ3v) is 7.16. The molecule has 31 heavy (non-hydrogen) atoms. The summed E-state index contributed by atoms with van der Waals surface area (Å²) in [6.45, 7) is 10.6. The van der Waals surface area contributed by atoms with E-state index < -0.39 is 0 Å². The van der Waals surface area contributed by atoms with Crippen LogP contribution >= 0.6 is 0 Å². The average Bonchev–Trinajstić information content (AvgIpc) is 3.40. The van der Waals surface area contributed by atoms with Crippen LogP contribution in [-0.2, 0) is 16.0 Å². The molecule has 2 aliphatic heterocycles. The van der Waals surface area contributed by atoms with E-state index >= 15 is 0 Å². The molecule has 0 aliphatic carbocycles. The van der Waals surface area contributed by atoms with Crippen molar-refractivity contribution in [2.75, 3.05) is 19.6 Å². The van der Waals surface area contributed by atoms with Gasteiger partial charge in [-0.1, -0.05) is 6.92 Å². The number of carbonyl (C=O) groups excluding carboxylic acids is 2. The molecule has 0 radical (unpaired) electrons. The monoisotopic (exact) mass is 425 g/mol. The lowest BCUT2D eigenvalue weighted by atomic mass is 10.0. The highest BCUT2D eigenvalue weighted by molar-refractivity contribution is 5.77. The lowest BCUT2D eigenvalue weighted by molar-refractivity contribution is -0.134. The van der Waals surface area contributed by atoms with Gasteiger partial charge in [0.2, 0.25) is 11.8 Å². The Morgan fingerprint density at radius 2 is 1.94 bits per heavy atom. The standard InChI is InChI=1S/C24H35N5O2/c1-5-23(30)27-13-11-19(15-27)21-14-22-25-17(3)20(18(4)29(22)26-21)9-10-24(31)28-12-7-6-8-16(28)2/h14,16,19H,5-13,15H2,1-4H3/t16-,19+/m0/s1. The van der Waals surface area contributed by atoms with Gasteiger partial charge in [-0.15, -0.1) is 0 Å². The number of hydrogen-bond acceptors (Lipinski definition) is 4. The van der Waals surface area contributed by atoms with Crippen LogP contribution in [0.15, 0.2) is 6.07 Å². The topological polar surface area (TPSA) is 70.8 Å². The fourth-order valence-corrected chi connectivity index (χ4v) is 5.20. The van der Waals surface area contributed by atoms with E-state index in [1.807, 2.05) is 23.3 Å². The lowest BCUT2D eigenvalue weighted by Gasteiger charge is -2.33. The Hall–Kier alpha value is -2.44. The third-order valence-electron chi connectivity index (χ3n) is 7.16. The molecule has 2 amide bonds. The van der Waals surface area contributed by atoms with Crippen LogP contribution in [-0.4, -0.2) is 61.9 Å². The van der Waals surface area contributed by atoms with Gasteiger partial charge in [0.05, 0.1) is 5.69 Å². The Morgan fingerprint density at radius 3 is 2.68 bits per heavy atom. The van der Waals surface area contributed by atoms with Crippen molar-refractivity contribution in [3.63, 3.8) is 0 Å². The molecule has 2 atom stereocenters. The van der Waals surface area contributed by atoms with Gasteiger partial charge in [-0.05, 0) is 58.4 Å². The summed E-state index contributed by atoms with van der Waals surface area (Å²) in [4.78, 5) is 33.6. The second-order valence-corrected chi connectivity index (χ2v) is 9.21. The van der Waals surface area contributed by atoms with E-state index in [1.165, 1.54) is 6.42 Å². The second-order valence-electron chi connectivity index (χ2n) is 9.21. The molecule has 7 nitrogen and oxygen atoms in total. The highest BCUT2D eigenvalue weighted by atomic mass is 16.2. The number of likely N-dealkylation sites (tertiary alicyclic amines) is 2. The number of carbonyl (C=O) groups is 2. The van der Waals surface area contributed by atoms with Gasteiger partial charge in [0, 0.05) is 61.9 Å². The lowest BCUT2D eigenvalue weighted by Crippen LogP contribution is -2.42. The van der Waals surface area contributed by atoms with Gasteiger partial charge in [0.15, 0.2) is 5.65 Å². The van der Waals surface area contributed by atoms with E-state index in [1.54, 1.807) is 0 Å². The van der Waals surface area contributed by atoms with Gasteiger partial charge in [-0.25, -0.2) is 9.50 Å². The van der Waals surface area contributed by atoms with Crippen molar-refractivity contribution in [2.45, 2.75) is 84.6 Å². The number of aryl methyl sites for hydroxylation is 2. The first-order valence-corrected chi connectivity index (χ1v) is 11.8. The van der Waals surface area contributed by atoms with E-state index in [-0.39, 0.29) is 17.7 Å². The van der Waals surface area contributed by atoms with Gasteiger partial charge in [-0.2, -0.15) is 5.10 Å². The number of nitrogens with zero attached hydrogens (tertiary/aromatic N) is 5. The molecule has 168 valence electrons. The van der Waals surface area contributed by atoms with Crippen LogP contribution in [0.4, 0.5) is 0 Å². The zero-order chi connectivity index (χ0) is 22.1. The van der Waals surface area contributed by atoms with Crippen LogP contribution in [0.2, 0.25) is 0 Å². The number of aromatic nitrogens is 3. The summed E-state index contributed by atoms with van der Waals surface area (Å²) >= 11 is 0. The highest BCUT2D eigenvalue weighted by Crippen LogP contribution is 2.28.